The van der Waals surface area contributed by atoms with Crippen molar-refractivity contribution in [1.29, 1.82) is 0 Å². The van der Waals surface area contributed by atoms with Crippen LogP contribution < -0.4 is 5.32 Å². The van der Waals surface area contributed by atoms with Crippen molar-refractivity contribution >= 4 is 16.6 Å². The highest BCUT2D eigenvalue weighted by molar-refractivity contribution is 5.81. The van der Waals surface area contributed by atoms with Crippen molar-refractivity contribution in [3.05, 3.63) is 59.8 Å². The first-order valence-electron chi connectivity index (χ1n) is 9.05. The van der Waals surface area contributed by atoms with Gasteiger partial charge in [0.15, 0.2) is 0 Å². The fourth-order valence-corrected chi connectivity index (χ4v) is 3.64. The first kappa shape index (κ1) is 17.9. The summed E-state index contributed by atoms with van der Waals surface area (Å²) in [4.78, 5) is 2.29. The lowest BCUT2D eigenvalue weighted by Crippen LogP contribution is -2.41. The molecule has 1 aliphatic rings. The average Bonchev–Trinajstić information content (AvgIpc) is 3.09. The molecule has 0 amide bonds. The summed E-state index contributed by atoms with van der Waals surface area (Å²) in [7, 11) is 0. The van der Waals surface area contributed by atoms with Gasteiger partial charge in [0, 0.05) is 30.2 Å². The number of nitrogens with zero attached hydrogens (tertiary/aromatic N) is 2. The van der Waals surface area contributed by atoms with E-state index in [1.165, 1.54) is 0 Å². The Balaban J connectivity index is 1.37. The smallest absolute Gasteiger partial charge is 0.381 e. The zero-order valence-corrected chi connectivity index (χ0v) is 14.8. The molecule has 0 saturated carbocycles. The van der Waals surface area contributed by atoms with E-state index in [0.29, 0.717) is 12.6 Å². The Hall–Kier alpha value is -2.54. The van der Waals surface area contributed by atoms with Crippen LogP contribution in [0.1, 0.15) is 24.0 Å². The minimum Gasteiger partial charge on any atom is -0.381 e. The van der Waals surface area contributed by atoms with Crippen molar-refractivity contribution in [3.63, 3.8) is 0 Å². The van der Waals surface area contributed by atoms with Crippen molar-refractivity contribution in [2.24, 2.45) is 0 Å². The van der Waals surface area contributed by atoms with Gasteiger partial charge in [-0.15, -0.1) is 0 Å². The summed E-state index contributed by atoms with van der Waals surface area (Å²) in [5.74, 6) is 0. The fourth-order valence-electron chi connectivity index (χ4n) is 3.64. The van der Waals surface area contributed by atoms with Crippen molar-refractivity contribution in [2.75, 3.05) is 18.4 Å². The fraction of sp³-hybridized carbons (Fsp3) is 0.350. The molecule has 0 radical (unpaired) electrons. The molecule has 1 saturated heterocycles. The molecule has 27 heavy (non-hydrogen) atoms. The van der Waals surface area contributed by atoms with E-state index in [2.05, 4.69) is 26.5 Å². The Bertz CT molecular complexity index is 901. The Morgan fingerprint density at radius 2 is 1.96 bits per heavy atom. The summed E-state index contributed by atoms with van der Waals surface area (Å²) in [6.07, 6.45) is -0.341. The number of benzene rings is 2. The first-order valence-corrected chi connectivity index (χ1v) is 9.05. The van der Waals surface area contributed by atoms with Crippen molar-refractivity contribution in [2.45, 2.75) is 31.6 Å². The molecule has 2 heterocycles. The molecule has 0 aliphatic carbocycles. The van der Waals surface area contributed by atoms with Gasteiger partial charge in [-0.3, -0.25) is 10.00 Å². The molecule has 4 rings (SSSR count). The third kappa shape index (κ3) is 4.24. The molecule has 3 aromatic rings. The molecule has 1 atom stereocenters. The van der Waals surface area contributed by atoms with E-state index < -0.39 is 11.7 Å². The summed E-state index contributed by atoms with van der Waals surface area (Å²) >= 11 is 0. The monoisotopic (exact) mass is 374 g/mol. The van der Waals surface area contributed by atoms with Crippen molar-refractivity contribution in [1.82, 2.24) is 15.1 Å². The molecule has 1 fully saturated rings. The predicted molar refractivity (Wildman–Crippen MR) is 99.5 cm³/mol. The van der Waals surface area contributed by atoms with Crippen LogP contribution in [-0.2, 0) is 12.7 Å². The number of fused-ring (bicyclic) bond motifs is 1. The molecule has 0 unspecified atom stereocenters. The van der Waals surface area contributed by atoms with E-state index in [0.717, 1.165) is 60.2 Å². The number of aromatic amines is 1. The van der Waals surface area contributed by atoms with Crippen LogP contribution in [0, 0.1) is 0 Å². The Labute approximate surface area is 155 Å². The number of likely N-dealkylation sites (tertiary alicyclic amines) is 1. The van der Waals surface area contributed by atoms with Crippen molar-refractivity contribution < 1.29 is 13.2 Å². The van der Waals surface area contributed by atoms with Gasteiger partial charge in [-0.1, -0.05) is 12.1 Å². The second kappa shape index (κ2) is 7.23. The SMILES string of the molecule is FC(F)(F)c1ccc(CN2CCC[C@H](Nc3ccc4[nH]ncc4c3)C2)cc1. The van der Waals surface area contributed by atoms with Gasteiger partial charge in [-0.25, -0.2) is 0 Å². The first-order chi connectivity index (χ1) is 13.0. The Kier molecular flexibility index (Phi) is 4.78. The van der Waals surface area contributed by atoms with Gasteiger partial charge in [0.1, 0.15) is 0 Å². The molecule has 0 spiro atoms. The van der Waals surface area contributed by atoms with Gasteiger partial charge in [0.05, 0.1) is 17.3 Å². The molecule has 142 valence electrons. The highest BCUT2D eigenvalue weighted by atomic mass is 19.4. The van der Waals surface area contributed by atoms with Crippen LogP contribution in [0.5, 0.6) is 0 Å². The molecule has 2 N–H and O–H groups in total. The van der Waals surface area contributed by atoms with Crippen LogP contribution in [0.15, 0.2) is 48.7 Å². The second-order valence-electron chi connectivity index (χ2n) is 7.09. The maximum Gasteiger partial charge on any atom is 0.416 e. The van der Waals surface area contributed by atoms with Gasteiger partial charge < -0.3 is 5.32 Å². The number of hydrogen-bond donors (Lipinski definition) is 2. The standard InChI is InChI=1S/C20H21F3N4/c21-20(22,23)16-5-3-14(4-6-16)12-27-9-1-2-18(13-27)25-17-7-8-19-15(10-17)11-24-26-19/h3-8,10-11,18,25H,1-2,9,12-13H2,(H,24,26)/t18-/m0/s1. The average molecular weight is 374 g/mol. The molecule has 1 aromatic heterocycles. The van der Waals surface area contributed by atoms with Gasteiger partial charge in [-0.05, 0) is 55.3 Å². The third-order valence-electron chi connectivity index (χ3n) is 5.00. The maximum absolute atomic E-state index is 12.7. The van der Waals surface area contributed by atoms with Crippen LogP contribution >= 0.6 is 0 Å². The van der Waals surface area contributed by atoms with Crippen LogP contribution in [0.2, 0.25) is 0 Å². The van der Waals surface area contributed by atoms with Gasteiger partial charge in [0.25, 0.3) is 0 Å². The van der Waals surface area contributed by atoms with Gasteiger partial charge in [0.2, 0.25) is 0 Å². The lowest BCUT2D eigenvalue weighted by Gasteiger charge is -2.33. The van der Waals surface area contributed by atoms with E-state index in [-0.39, 0.29) is 0 Å². The second-order valence-corrected chi connectivity index (χ2v) is 7.09. The number of halogens is 3. The van der Waals surface area contributed by atoms with Gasteiger partial charge in [-0.2, -0.15) is 18.3 Å². The van der Waals surface area contributed by atoms with Crippen LogP contribution in [0.4, 0.5) is 18.9 Å². The summed E-state index contributed by atoms with van der Waals surface area (Å²) in [6, 6.07) is 11.9. The molecular formula is C20H21F3N4. The molecule has 1 aliphatic heterocycles. The highest BCUT2D eigenvalue weighted by Crippen LogP contribution is 2.29. The number of rotatable bonds is 4. The third-order valence-corrected chi connectivity index (χ3v) is 5.00. The summed E-state index contributed by atoms with van der Waals surface area (Å²) in [5, 5.41) is 11.6. The summed E-state index contributed by atoms with van der Waals surface area (Å²) < 4.78 is 38.1. The Morgan fingerprint density at radius 1 is 1.15 bits per heavy atom. The highest BCUT2D eigenvalue weighted by Gasteiger charge is 2.30. The largest absolute Gasteiger partial charge is 0.416 e. The zero-order chi connectivity index (χ0) is 18.9. The van der Waals surface area contributed by atoms with E-state index in [1.807, 2.05) is 12.1 Å². The lowest BCUT2D eigenvalue weighted by atomic mass is 10.0. The molecular weight excluding hydrogens is 353 g/mol. The lowest BCUT2D eigenvalue weighted by molar-refractivity contribution is -0.137. The van der Waals surface area contributed by atoms with E-state index in [9.17, 15) is 13.2 Å². The topological polar surface area (TPSA) is 44.0 Å². The van der Waals surface area contributed by atoms with Crippen LogP contribution in [0.3, 0.4) is 0 Å². The number of H-pyrrole nitrogens is 1. The summed E-state index contributed by atoms with van der Waals surface area (Å²) in [6.45, 7) is 2.49. The number of nitrogens with one attached hydrogen (secondary N) is 2. The quantitative estimate of drug-likeness (QED) is 0.698. The zero-order valence-electron chi connectivity index (χ0n) is 14.8. The number of aromatic nitrogens is 2. The van der Waals surface area contributed by atoms with E-state index in [1.54, 1.807) is 18.3 Å². The predicted octanol–water partition coefficient (Wildman–Crippen LogP) is 4.66. The number of hydrogen-bond acceptors (Lipinski definition) is 3. The normalized spacial score (nSPS) is 18.7. The minimum atomic E-state index is -4.28. The van der Waals surface area contributed by atoms with E-state index >= 15 is 0 Å². The van der Waals surface area contributed by atoms with E-state index in [4.69, 9.17) is 0 Å². The minimum absolute atomic E-state index is 0.317. The van der Waals surface area contributed by atoms with Crippen LogP contribution in [-0.4, -0.2) is 34.2 Å². The summed E-state index contributed by atoms with van der Waals surface area (Å²) in [5.41, 5.74) is 2.38. The maximum atomic E-state index is 12.7. The van der Waals surface area contributed by atoms with Crippen molar-refractivity contribution in [3.8, 4) is 0 Å². The number of anilines is 1. The number of alkyl halides is 3. The van der Waals surface area contributed by atoms with Gasteiger partial charge >= 0.3 is 6.18 Å². The molecule has 2 aromatic carbocycles. The molecule has 7 heteroatoms. The molecule has 4 nitrogen and oxygen atoms in total. The molecule has 0 bridgehead atoms. The van der Waals surface area contributed by atoms with Crippen LogP contribution in [0.25, 0.3) is 10.9 Å². The number of piperidine rings is 1. The Morgan fingerprint density at radius 3 is 2.74 bits per heavy atom.